The number of nitrogens with zero attached hydrogens (tertiary/aromatic N) is 1. The van der Waals surface area contributed by atoms with Gasteiger partial charge in [0.2, 0.25) is 0 Å². The lowest BCUT2D eigenvalue weighted by molar-refractivity contribution is -0.113. The van der Waals surface area contributed by atoms with E-state index in [1.807, 2.05) is 32.0 Å². The summed E-state index contributed by atoms with van der Waals surface area (Å²) in [5.41, 5.74) is 10.7. The first kappa shape index (κ1) is 21.2. The van der Waals surface area contributed by atoms with Crippen LogP contribution in [0.15, 0.2) is 36.4 Å². The largest absolute Gasteiger partial charge is 0.399 e. The molecule has 6 heteroatoms. The molecule has 1 aliphatic heterocycles. The molecule has 1 saturated heterocycles. The van der Waals surface area contributed by atoms with Crippen molar-refractivity contribution in [3.8, 4) is 0 Å². The van der Waals surface area contributed by atoms with Crippen molar-refractivity contribution in [3.05, 3.63) is 64.6 Å². The summed E-state index contributed by atoms with van der Waals surface area (Å²) in [5, 5.41) is 7.72. The number of anilines is 2. The summed E-state index contributed by atoms with van der Waals surface area (Å²) in [6.45, 7) is 7.22. The van der Waals surface area contributed by atoms with Crippen LogP contribution in [-0.4, -0.2) is 24.4 Å². The van der Waals surface area contributed by atoms with E-state index < -0.39 is 5.41 Å². The molecular formula is C25H29FN4O. The third kappa shape index (κ3) is 4.00. The summed E-state index contributed by atoms with van der Waals surface area (Å²) in [7, 11) is 0. The highest BCUT2D eigenvalue weighted by atomic mass is 19.1. The normalized spacial score (nSPS) is 16.8. The van der Waals surface area contributed by atoms with Gasteiger partial charge in [0.1, 0.15) is 12.1 Å². The lowest BCUT2D eigenvalue weighted by Crippen LogP contribution is -2.41. The maximum atomic E-state index is 14.8. The van der Waals surface area contributed by atoms with E-state index in [4.69, 9.17) is 5.73 Å². The van der Waals surface area contributed by atoms with Gasteiger partial charge in [-0.25, -0.2) is 4.39 Å². The third-order valence-electron chi connectivity index (χ3n) is 6.38. The fourth-order valence-electron chi connectivity index (χ4n) is 4.59. The van der Waals surface area contributed by atoms with Gasteiger partial charge in [0.25, 0.3) is 0 Å². The van der Waals surface area contributed by atoms with Crippen molar-refractivity contribution in [1.82, 2.24) is 10.3 Å². The number of nitrogens with two attached hydrogens (primary N) is 1. The van der Waals surface area contributed by atoms with Crippen molar-refractivity contribution < 1.29 is 9.18 Å². The summed E-state index contributed by atoms with van der Waals surface area (Å²) < 4.78 is 14.8. The number of carbonyl (C=O) groups excluding carboxylic acids is 1. The van der Waals surface area contributed by atoms with Gasteiger partial charge < -0.3 is 21.2 Å². The average molecular weight is 421 g/mol. The van der Waals surface area contributed by atoms with Gasteiger partial charge in [-0.1, -0.05) is 6.07 Å². The van der Waals surface area contributed by atoms with Gasteiger partial charge in [0.05, 0.1) is 17.0 Å². The first-order valence-electron chi connectivity index (χ1n) is 10.7. The van der Waals surface area contributed by atoms with Crippen LogP contribution in [0.4, 0.5) is 15.8 Å². The van der Waals surface area contributed by atoms with Crippen molar-refractivity contribution in [3.63, 3.8) is 0 Å². The molecule has 0 radical (unpaired) electrons. The van der Waals surface area contributed by atoms with E-state index >= 15 is 0 Å². The molecule has 2 aromatic carbocycles. The highest BCUT2D eigenvalue weighted by Crippen LogP contribution is 2.36. The number of aryl methyl sites for hydroxylation is 2. The number of aromatic nitrogens is 1. The van der Waals surface area contributed by atoms with Crippen LogP contribution in [0.1, 0.15) is 48.2 Å². The zero-order valence-corrected chi connectivity index (χ0v) is 18.3. The molecule has 0 aliphatic carbocycles. The summed E-state index contributed by atoms with van der Waals surface area (Å²) in [6, 6.07) is 11.1. The van der Waals surface area contributed by atoms with Crippen LogP contribution in [0.3, 0.4) is 0 Å². The van der Waals surface area contributed by atoms with Crippen LogP contribution >= 0.6 is 0 Å². The fourth-order valence-corrected chi connectivity index (χ4v) is 4.59. The van der Waals surface area contributed by atoms with E-state index in [-0.39, 0.29) is 11.9 Å². The maximum Gasteiger partial charge on any atom is 0.131 e. The summed E-state index contributed by atoms with van der Waals surface area (Å²) >= 11 is 0. The van der Waals surface area contributed by atoms with Crippen LogP contribution in [0.2, 0.25) is 0 Å². The Morgan fingerprint density at radius 2 is 1.94 bits per heavy atom. The number of hydrogen-bond donors (Lipinski definition) is 3. The molecule has 0 spiro atoms. The average Bonchev–Trinajstić information content (AvgIpc) is 2.76. The van der Waals surface area contributed by atoms with E-state index in [1.165, 1.54) is 0 Å². The minimum atomic E-state index is -0.482. The number of nitrogens with one attached hydrogen (secondary N) is 2. The summed E-state index contributed by atoms with van der Waals surface area (Å²) in [4.78, 5) is 16.8. The fraction of sp³-hybridized carbons (Fsp3) is 0.360. The van der Waals surface area contributed by atoms with Gasteiger partial charge in [0.15, 0.2) is 0 Å². The predicted molar refractivity (Wildman–Crippen MR) is 124 cm³/mol. The van der Waals surface area contributed by atoms with Crippen molar-refractivity contribution in [1.29, 1.82) is 0 Å². The van der Waals surface area contributed by atoms with E-state index in [1.54, 1.807) is 19.1 Å². The molecule has 31 heavy (non-hydrogen) atoms. The number of benzene rings is 2. The summed E-state index contributed by atoms with van der Waals surface area (Å²) in [6.07, 6.45) is 2.64. The quantitative estimate of drug-likeness (QED) is 0.416. The first-order chi connectivity index (χ1) is 14.8. The SMILES string of the molecule is Cc1cc(NC(C)c2cc(N)cc(C)c2F)c2cc(C3(C=O)CCNCC3)ccc2n1. The van der Waals surface area contributed by atoms with E-state index in [0.29, 0.717) is 16.8 Å². The van der Waals surface area contributed by atoms with E-state index in [0.717, 1.165) is 60.1 Å². The Morgan fingerprint density at radius 3 is 2.65 bits per heavy atom. The van der Waals surface area contributed by atoms with Gasteiger partial charge in [-0.15, -0.1) is 0 Å². The highest BCUT2D eigenvalue weighted by Gasteiger charge is 2.34. The molecule has 162 valence electrons. The second kappa shape index (κ2) is 8.27. The van der Waals surface area contributed by atoms with Gasteiger partial charge >= 0.3 is 0 Å². The molecule has 1 fully saturated rings. The van der Waals surface area contributed by atoms with Gasteiger partial charge in [0, 0.05) is 28.0 Å². The molecule has 1 unspecified atom stereocenters. The van der Waals surface area contributed by atoms with Crippen LogP contribution < -0.4 is 16.4 Å². The lowest BCUT2D eigenvalue weighted by Gasteiger charge is -2.33. The Morgan fingerprint density at radius 1 is 1.19 bits per heavy atom. The second-order valence-electron chi connectivity index (χ2n) is 8.67. The second-order valence-corrected chi connectivity index (χ2v) is 8.67. The predicted octanol–water partition coefficient (Wildman–Crippen LogP) is 4.57. The van der Waals surface area contributed by atoms with Crippen molar-refractivity contribution in [2.45, 2.75) is 45.1 Å². The molecule has 0 saturated carbocycles. The number of carbonyl (C=O) groups is 1. The van der Waals surface area contributed by atoms with Crippen LogP contribution in [0, 0.1) is 19.7 Å². The topological polar surface area (TPSA) is 80.0 Å². The Kier molecular flexibility index (Phi) is 5.67. The maximum absolute atomic E-state index is 14.8. The monoisotopic (exact) mass is 420 g/mol. The van der Waals surface area contributed by atoms with Crippen LogP contribution in [0.25, 0.3) is 10.9 Å². The Labute approximate surface area is 182 Å². The van der Waals surface area contributed by atoms with Gasteiger partial charge in [-0.05, 0) is 88.2 Å². The van der Waals surface area contributed by atoms with Gasteiger partial charge in [-0.3, -0.25) is 4.98 Å². The Hall–Kier alpha value is -2.99. The minimum Gasteiger partial charge on any atom is -0.399 e. The zero-order chi connectivity index (χ0) is 22.2. The molecule has 5 nitrogen and oxygen atoms in total. The van der Waals surface area contributed by atoms with Crippen LogP contribution in [0.5, 0.6) is 0 Å². The molecule has 0 amide bonds. The summed E-state index contributed by atoms with van der Waals surface area (Å²) in [5.74, 6) is -0.250. The molecule has 2 heterocycles. The van der Waals surface area contributed by atoms with E-state index in [9.17, 15) is 9.18 Å². The molecule has 1 aliphatic rings. The first-order valence-corrected chi connectivity index (χ1v) is 10.7. The number of halogens is 1. The molecule has 1 atom stereocenters. The highest BCUT2D eigenvalue weighted by molar-refractivity contribution is 5.93. The zero-order valence-electron chi connectivity index (χ0n) is 18.3. The molecule has 0 bridgehead atoms. The molecular weight excluding hydrogens is 391 g/mol. The number of aldehydes is 1. The standard InChI is InChI=1S/C25H29FN4O/c1-15-10-19(27)13-20(24(15)26)17(3)30-23-11-16(2)29-22-5-4-18(12-21(22)23)25(14-31)6-8-28-9-7-25/h4-5,10-14,17,28H,6-9,27H2,1-3H3,(H,29,30). The van der Waals surface area contributed by atoms with Crippen molar-refractivity contribution in [2.75, 3.05) is 24.1 Å². The third-order valence-corrected chi connectivity index (χ3v) is 6.38. The smallest absolute Gasteiger partial charge is 0.131 e. The molecule has 4 rings (SSSR count). The minimum absolute atomic E-state index is 0.250. The Bertz CT molecular complexity index is 1140. The van der Waals surface area contributed by atoms with Gasteiger partial charge in [-0.2, -0.15) is 0 Å². The molecule has 1 aromatic heterocycles. The van der Waals surface area contributed by atoms with Crippen molar-refractivity contribution >= 4 is 28.6 Å². The number of fused-ring (bicyclic) bond motifs is 1. The molecule has 3 aromatic rings. The number of pyridine rings is 1. The Balaban J connectivity index is 1.77. The number of hydrogen-bond acceptors (Lipinski definition) is 5. The number of rotatable bonds is 5. The lowest BCUT2D eigenvalue weighted by atomic mass is 9.74. The number of piperidine rings is 1. The molecule has 4 N–H and O–H groups in total. The number of nitrogen functional groups attached to an aromatic ring is 1. The van der Waals surface area contributed by atoms with Crippen molar-refractivity contribution in [2.24, 2.45) is 0 Å². The van der Waals surface area contributed by atoms with E-state index in [2.05, 4.69) is 21.7 Å². The van der Waals surface area contributed by atoms with Crippen LogP contribution in [-0.2, 0) is 10.2 Å².